The second-order valence-electron chi connectivity index (χ2n) is 6.52. The molecule has 0 heterocycles. The number of benzene rings is 3. The van der Waals surface area contributed by atoms with Crippen LogP contribution in [0.5, 0.6) is 0 Å². The fraction of sp³-hybridized carbons (Fsp3) is 0.0952. The van der Waals surface area contributed by atoms with Gasteiger partial charge in [-0.15, -0.1) is 0 Å². The van der Waals surface area contributed by atoms with E-state index in [1.807, 2.05) is 6.92 Å². The molecular formula is C21H19ClFN3O2S2. The van der Waals surface area contributed by atoms with Crippen molar-refractivity contribution >= 4 is 50.3 Å². The Kier molecular flexibility index (Phi) is 6.91. The van der Waals surface area contributed by atoms with Gasteiger partial charge >= 0.3 is 0 Å². The molecule has 0 unspecified atom stereocenters. The lowest BCUT2D eigenvalue weighted by atomic mass is 10.2. The van der Waals surface area contributed by atoms with Gasteiger partial charge in [-0.3, -0.25) is 4.72 Å². The fourth-order valence-electron chi connectivity index (χ4n) is 2.59. The average Bonchev–Trinajstić information content (AvgIpc) is 2.70. The Balaban J connectivity index is 1.70. The van der Waals surface area contributed by atoms with Gasteiger partial charge in [-0.1, -0.05) is 29.8 Å². The zero-order valence-corrected chi connectivity index (χ0v) is 18.3. The molecule has 0 saturated carbocycles. The molecule has 0 spiro atoms. The number of halogens is 2. The first-order valence-corrected chi connectivity index (χ1v) is 11.2. The van der Waals surface area contributed by atoms with Gasteiger partial charge in [-0.2, -0.15) is 0 Å². The van der Waals surface area contributed by atoms with E-state index in [9.17, 15) is 12.8 Å². The van der Waals surface area contributed by atoms with Crippen molar-refractivity contribution in [2.24, 2.45) is 0 Å². The summed E-state index contributed by atoms with van der Waals surface area (Å²) >= 11 is 11.1. The maximum atomic E-state index is 13.0. The van der Waals surface area contributed by atoms with Crippen LogP contribution in [0.3, 0.4) is 0 Å². The molecule has 0 fully saturated rings. The lowest BCUT2D eigenvalue weighted by Gasteiger charge is -2.15. The summed E-state index contributed by atoms with van der Waals surface area (Å²) < 4.78 is 41.0. The number of anilines is 2. The van der Waals surface area contributed by atoms with E-state index in [1.165, 1.54) is 24.3 Å². The zero-order valence-electron chi connectivity index (χ0n) is 15.9. The first-order valence-electron chi connectivity index (χ1n) is 8.91. The van der Waals surface area contributed by atoms with Gasteiger partial charge in [0, 0.05) is 22.9 Å². The Hall–Kier alpha value is -2.68. The van der Waals surface area contributed by atoms with E-state index in [0.29, 0.717) is 28.1 Å². The molecule has 156 valence electrons. The van der Waals surface area contributed by atoms with Gasteiger partial charge in [0.15, 0.2) is 5.11 Å². The molecule has 0 amide bonds. The molecule has 0 saturated heterocycles. The highest BCUT2D eigenvalue weighted by Crippen LogP contribution is 2.23. The first-order chi connectivity index (χ1) is 14.2. The van der Waals surface area contributed by atoms with E-state index in [1.54, 1.807) is 42.5 Å². The quantitative estimate of drug-likeness (QED) is 0.445. The highest BCUT2D eigenvalue weighted by atomic mass is 35.5. The summed E-state index contributed by atoms with van der Waals surface area (Å²) in [6.45, 7) is 2.25. The van der Waals surface area contributed by atoms with Crippen LogP contribution in [0.25, 0.3) is 0 Å². The van der Waals surface area contributed by atoms with E-state index in [0.717, 1.165) is 11.1 Å². The molecule has 3 rings (SSSR count). The average molecular weight is 464 g/mol. The van der Waals surface area contributed by atoms with Crippen molar-refractivity contribution < 1.29 is 12.8 Å². The first kappa shape index (κ1) is 22.0. The Morgan fingerprint density at radius 1 is 1.03 bits per heavy atom. The van der Waals surface area contributed by atoms with E-state index in [4.69, 9.17) is 23.8 Å². The molecule has 0 aromatic heterocycles. The number of aryl methyl sites for hydroxylation is 1. The van der Waals surface area contributed by atoms with Crippen molar-refractivity contribution in [3.8, 4) is 0 Å². The Labute approximate surface area is 185 Å². The number of rotatable bonds is 6. The number of hydrogen-bond acceptors (Lipinski definition) is 3. The van der Waals surface area contributed by atoms with E-state index in [-0.39, 0.29) is 10.7 Å². The lowest BCUT2D eigenvalue weighted by molar-refractivity contribution is 0.601. The van der Waals surface area contributed by atoms with Crippen molar-refractivity contribution in [3.63, 3.8) is 0 Å². The van der Waals surface area contributed by atoms with Gasteiger partial charge in [0.1, 0.15) is 5.82 Å². The molecule has 0 aliphatic heterocycles. The van der Waals surface area contributed by atoms with Gasteiger partial charge in [0.2, 0.25) is 0 Å². The Bertz CT molecular complexity index is 1150. The molecule has 3 N–H and O–H groups in total. The maximum absolute atomic E-state index is 13.0. The van der Waals surface area contributed by atoms with Crippen LogP contribution in [0.2, 0.25) is 5.02 Å². The minimum Gasteiger partial charge on any atom is -0.358 e. The van der Waals surface area contributed by atoms with Crippen LogP contribution in [0.15, 0.2) is 71.6 Å². The van der Waals surface area contributed by atoms with Gasteiger partial charge in [0.25, 0.3) is 10.0 Å². The summed E-state index contributed by atoms with van der Waals surface area (Å²) in [6.07, 6.45) is 0. The smallest absolute Gasteiger partial charge is 0.261 e. The van der Waals surface area contributed by atoms with E-state index >= 15 is 0 Å². The minimum atomic E-state index is -3.79. The maximum Gasteiger partial charge on any atom is 0.261 e. The standard InChI is InChI=1S/C21H19ClFN3O2S2/c1-14-2-11-19(30(27,28)26-18-9-5-16(22)6-10-18)12-20(14)25-21(29)24-13-15-3-7-17(23)8-4-15/h2-12,26H,13H2,1H3,(H2,24,25,29). The van der Waals surface area contributed by atoms with Crippen LogP contribution in [0, 0.1) is 12.7 Å². The highest BCUT2D eigenvalue weighted by molar-refractivity contribution is 7.92. The largest absolute Gasteiger partial charge is 0.358 e. The monoisotopic (exact) mass is 463 g/mol. The predicted octanol–water partition coefficient (Wildman–Crippen LogP) is 5.07. The molecule has 30 heavy (non-hydrogen) atoms. The Morgan fingerprint density at radius 2 is 1.70 bits per heavy atom. The van der Waals surface area contributed by atoms with Crippen LogP contribution in [0.4, 0.5) is 15.8 Å². The second kappa shape index (κ2) is 9.42. The number of thiocarbonyl (C=S) groups is 1. The van der Waals surface area contributed by atoms with Gasteiger partial charge in [-0.25, -0.2) is 12.8 Å². The van der Waals surface area contributed by atoms with Crippen LogP contribution >= 0.6 is 23.8 Å². The summed E-state index contributed by atoms with van der Waals surface area (Å²) in [5.41, 5.74) is 2.66. The van der Waals surface area contributed by atoms with Crippen molar-refractivity contribution in [2.75, 3.05) is 10.0 Å². The van der Waals surface area contributed by atoms with E-state index < -0.39 is 10.0 Å². The molecule has 0 atom stereocenters. The normalized spacial score (nSPS) is 11.0. The highest BCUT2D eigenvalue weighted by Gasteiger charge is 2.16. The van der Waals surface area contributed by atoms with E-state index in [2.05, 4.69) is 15.4 Å². The summed E-state index contributed by atoms with van der Waals surface area (Å²) in [5.74, 6) is -0.305. The van der Waals surface area contributed by atoms with Gasteiger partial charge in [0.05, 0.1) is 4.90 Å². The molecular weight excluding hydrogens is 445 g/mol. The fourth-order valence-corrected chi connectivity index (χ4v) is 3.98. The predicted molar refractivity (Wildman–Crippen MR) is 123 cm³/mol. The summed E-state index contributed by atoms with van der Waals surface area (Å²) in [5, 5.41) is 6.87. The number of nitrogens with one attached hydrogen (secondary N) is 3. The van der Waals surface area contributed by atoms with Gasteiger partial charge in [-0.05, 0) is 78.8 Å². The zero-order chi connectivity index (χ0) is 21.7. The third-order valence-electron chi connectivity index (χ3n) is 4.23. The summed E-state index contributed by atoms with van der Waals surface area (Å²) in [6, 6.07) is 17.2. The van der Waals surface area contributed by atoms with Crippen LogP contribution in [-0.2, 0) is 16.6 Å². The van der Waals surface area contributed by atoms with Crippen molar-refractivity contribution in [1.29, 1.82) is 0 Å². The third-order valence-corrected chi connectivity index (χ3v) is 6.11. The number of sulfonamides is 1. The third kappa shape index (κ3) is 5.91. The van der Waals surface area contributed by atoms with Gasteiger partial charge < -0.3 is 10.6 Å². The lowest BCUT2D eigenvalue weighted by Crippen LogP contribution is -2.28. The molecule has 5 nitrogen and oxygen atoms in total. The SMILES string of the molecule is Cc1ccc(S(=O)(=O)Nc2ccc(Cl)cc2)cc1NC(=S)NCc1ccc(F)cc1. The van der Waals surface area contributed by atoms with Crippen LogP contribution in [0.1, 0.15) is 11.1 Å². The van der Waals surface area contributed by atoms with Crippen molar-refractivity contribution in [2.45, 2.75) is 18.4 Å². The molecule has 0 bridgehead atoms. The molecule has 3 aromatic rings. The van der Waals surface area contributed by atoms with Crippen molar-refractivity contribution in [3.05, 3.63) is 88.7 Å². The molecule has 3 aromatic carbocycles. The second-order valence-corrected chi connectivity index (χ2v) is 9.05. The Morgan fingerprint density at radius 3 is 2.37 bits per heavy atom. The van der Waals surface area contributed by atoms with Crippen molar-refractivity contribution in [1.82, 2.24) is 5.32 Å². The topological polar surface area (TPSA) is 70.2 Å². The van der Waals surface area contributed by atoms with Crippen LogP contribution < -0.4 is 15.4 Å². The van der Waals surface area contributed by atoms with Crippen LogP contribution in [-0.4, -0.2) is 13.5 Å². The molecule has 0 aliphatic carbocycles. The molecule has 0 radical (unpaired) electrons. The molecule has 0 aliphatic rings. The summed E-state index contributed by atoms with van der Waals surface area (Å²) in [7, 11) is -3.79. The minimum absolute atomic E-state index is 0.0897. The summed E-state index contributed by atoms with van der Waals surface area (Å²) in [4.78, 5) is 0.0897. The number of hydrogen-bond donors (Lipinski definition) is 3. The molecule has 9 heteroatoms.